The van der Waals surface area contributed by atoms with Crippen LogP contribution in [0.3, 0.4) is 0 Å². The molecule has 3 heterocycles. The molecule has 134 valence electrons. The molecule has 1 aromatic rings. The first kappa shape index (κ1) is 18.0. The Kier molecular flexibility index (Phi) is 5.50. The number of rotatable bonds is 7. The van der Waals surface area contributed by atoms with Crippen molar-refractivity contribution in [3.63, 3.8) is 0 Å². The Morgan fingerprint density at radius 3 is 2.64 bits per heavy atom. The lowest BCUT2D eigenvalue weighted by Gasteiger charge is -2.37. The van der Waals surface area contributed by atoms with E-state index in [0.717, 1.165) is 43.3 Å². The zero-order valence-electron chi connectivity index (χ0n) is 14.9. The topological polar surface area (TPSA) is 61.2 Å². The van der Waals surface area contributed by atoms with Gasteiger partial charge in [0.1, 0.15) is 5.01 Å². The SMILES string of the molecule is C#CCCC1(CCC(=O)N2CCN(C(C)c3nc(C)cs3)CC2)N=N1. The molecule has 3 rings (SSSR count). The molecule has 0 bridgehead atoms. The predicted octanol–water partition coefficient (Wildman–Crippen LogP) is 3.01. The summed E-state index contributed by atoms with van der Waals surface area (Å²) >= 11 is 1.71. The van der Waals surface area contributed by atoms with Gasteiger partial charge in [0.25, 0.3) is 0 Å². The number of amides is 1. The molecular formula is C18H25N5OS. The number of piperazine rings is 1. The fourth-order valence-electron chi connectivity index (χ4n) is 3.21. The molecule has 0 aliphatic carbocycles. The summed E-state index contributed by atoms with van der Waals surface area (Å²) in [6, 6.07) is 0.312. The van der Waals surface area contributed by atoms with Gasteiger partial charge >= 0.3 is 0 Å². The number of aromatic nitrogens is 1. The second kappa shape index (κ2) is 7.63. The largest absolute Gasteiger partial charge is 0.340 e. The highest BCUT2D eigenvalue weighted by Gasteiger charge is 2.39. The van der Waals surface area contributed by atoms with E-state index in [-0.39, 0.29) is 11.6 Å². The molecular weight excluding hydrogens is 334 g/mol. The smallest absolute Gasteiger partial charge is 0.222 e. The summed E-state index contributed by atoms with van der Waals surface area (Å²) in [6.45, 7) is 7.56. The fraction of sp³-hybridized carbons (Fsp3) is 0.667. The monoisotopic (exact) mass is 359 g/mol. The number of terminal acetylenes is 1. The maximum Gasteiger partial charge on any atom is 0.222 e. The van der Waals surface area contributed by atoms with Crippen molar-refractivity contribution in [2.75, 3.05) is 26.2 Å². The van der Waals surface area contributed by atoms with Crippen LogP contribution in [-0.2, 0) is 4.79 Å². The van der Waals surface area contributed by atoms with Crippen LogP contribution < -0.4 is 0 Å². The van der Waals surface area contributed by atoms with Crippen LogP contribution in [0.25, 0.3) is 0 Å². The van der Waals surface area contributed by atoms with Crippen LogP contribution in [0.4, 0.5) is 0 Å². The van der Waals surface area contributed by atoms with Crippen LogP contribution in [0.5, 0.6) is 0 Å². The van der Waals surface area contributed by atoms with Crippen molar-refractivity contribution in [1.82, 2.24) is 14.8 Å². The van der Waals surface area contributed by atoms with Crippen LogP contribution in [0.15, 0.2) is 15.6 Å². The minimum absolute atomic E-state index is 0.203. The van der Waals surface area contributed by atoms with Gasteiger partial charge in [-0.05, 0) is 13.8 Å². The van der Waals surface area contributed by atoms with Crippen LogP contribution >= 0.6 is 11.3 Å². The fourth-order valence-corrected chi connectivity index (χ4v) is 4.10. The number of hydrogen-bond donors (Lipinski definition) is 0. The molecule has 0 N–H and O–H groups in total. The first-order valence-corrected chi connectivity index (χ1v) is 9.72. The molecule has 6 nitrogen and oxygen atoms in total. The minimum Gasteiger partial charge on any atom is -0.340 e. The van der Waals surface area contributed by atoms with E-state index in [9.17, 15) is 4.79 Å². The van der Waals surface area contributed by atoms with Gasteiger partial charge in [-0.15, -0.1) is 23.7 Å². The average molecular weight is 359 g/mol. The van der Waals surface area contributed by atoms with Gasteiger partial charge in [0, 0.05) is 62.9 Å². The number of nitrogens with zero attached hydrogens (tertiary/aromatic N) is 5. The second-order valence-electron chi connectivity index (χ2n) is 6.81. The molecule has 0 radical (unpaired) electrons. The van der Waals surface area contributed by atoms with E-state index in [1.54, 1.807) is 11.3 Å². The maximum absolute atomic E-state index is 12.5. The Morgan fingerprint density at radius 1 is 1.36 bits per heavy atom. The molecule has 0 saturated carbocycles. The number of carbonyl (C=O) groups excluding carboxylic acids is 1. The molecule has 1 aromatic heterocycles. The van der Waals surface area contributed by atoms with E-state index in [4.69, 9.17) is 6.42 Å². The number of carbonyl (C=O) groups is 1. The summed E-state index contributed by atoms with van der Waals surface area (Å²) in [7, 11) is 0. The normalized spacial score (nSPS) is 20.3. The van der Waals surface area contributed by atoms with Crippen molar-refractivity contribution in [2.24, 2.45) is 10.2 Å². The van der Waals surface area contributed by atoms with Crippen molar-refractivity contribution in [3.8, 4) is 12.3 Å². The Labute approximate surface area is 153 Å². The third-order valence-electron chi connectivity index (χ3n) is 5.00. The molecule has 2 aliphatic heterocycles. The molecule has 1 fully saturated rings. The maximum atomic E-state index is 12.5. The number of hydrogen-bond acceptors (Lipinski definition) is 6. The van der Waals surface area contributed by atoms with Gasteiger partial charge < -0.3 is 4.90 Å². The lowest BCUT2D eigenvalue weighted by atomic mass is 10.0. The van der Waals surface area contributed by atoms with E-state index >= 15 is 0 Å². The Bertz CT molecular complexity index is 678. The minimum atomic E-state index is -0.360. The molecule has 0 aromatic carbocycles. The Morgan fingerprint density at radius 2 is 2.08 bits per heavy atom. The molecule has 1 unspecified atom stereocenters. The Balaban J connectivity index is 1.43. The second-order valence-corrected chi connectivity index (χ2v) is 7.70. The average Bonchev–Trinajstić information content (AvgIpc) is 3.28. The van der Waals surface area contributed by atoms with E-state index < -0.39 is 0 Å². The summed E-state index contributed by atoms with van der Waals surface area (Å²) in [6.07, 6.45) is 7.90. The molecule has 1 saturated heterocycles. The quantitative estimate of drug-likeness (QED) is 0.703. The van der Waals surface area contributed by atoms with E-state index in [0.29, 0.717) is 25.3 Å². The van der Waals surface area contributed by atoms with Gasteiger partial charge in [-0.25, -0.2) is 4.98 Å². The van der Waals surface area contributed by atoms with Gasteiger partial charge in [-0.3, -0.25) is 9.69 Å². The molecule has 7 heteroatoms. The molecule has 25 heavy (non-hydrogen) atoms. The van der Waals surface area contributed by atoms with Gasteiger partial charge in [0.2, 0.25) is 5.91 Å². The lowest BCUT2D eigenvalue weighted by molar-refractivity contribution is -0.133. The van der Waals surface area contributed by atoms with Crippen molar-refractivity contribution >= 4 is 17.2 Å². The van der Waals surface area contributed by atoms with Gasteiger partial charge in [-0.1, -0.05) is 0 Å². The van der Waals surface area contributed by atoms with Crippen molar-refractivity contribution in [1.29, 1.82) is 0 Å². The third-order valence-corrected chi connectivity index (χ3v) is 6.13. The van der Waals surface area contributed by atoms with Gasteiger partial charge in [-0.2, -0.15) is 10.2 Å². The predicted molar refractivity (Wildman–Crippen MR) is 98.3 cm³/mol. The third kappa shape index (κ3) is 4.44. The summed E-state index contributed by atoms with van der Waals surface area (Å²) in [5.74, 6) is 2.82. The highest BCUT2D eigenvalue weighted by molar-refractivity contribution is 7.09. The molecule has 2 aliphatic rings. The Hall–Kier alpha value is -1.78. The highest BCUT2D eigenvalue weighted by atomic mass is 32.1. The number of aryl methyl sites for hydroxylation is 1. The van der Waals surface area contributed by atoms with Crippen LogP contribution in [0, 0.1) is 19.3 Å². The van der Waals surface area contributed by atoms with Crippen LogP contribution in [0.1, 0.15) is 49.4 Å². The lowest BCUT2D eigenvalue weighted by Crippen LogP contribution is -2.49. The van der Waals surface area contributed by atoms with Crippen molar-refractivity contribution in [3.05, 3.63) is 16.1 Å². The standard InChI is InChI=1S/C18H25N5OS/c1-4-5-7-18(20-21-18)8-6-16(24)23-11-9-22(10-12-23)15(3)17-19-14(2)13-25-17/h1,13,15H,5-12H2,2-3H3. The highest BCUT2D eigenvalue weighted by Crippen LogP contribution is 2.37. The summed E-state index contributed by atoms with van der Waals surface area (Å²) in [5.41, 5.74) is 0.719. The summed E-state index contributed by atoms with van der Waals surface area (Å²) in [5, 5.41) is 11.5. The van der Waals surface area contributed by atoms with Crippen LogP contribution in [-0.4, -0.2) is 52.5 Å². The zero-order chi connectivity index (χ0) is 17.9. The van der Waals surface area contributed by atoms with Crippen molar-refractivity contribution < 1.29 is 4.79 Å². The van der Waals surface area contributed by atoms with E-state index in [2.05, 4.69) is 38.3 Å². The zero-order valence-corrected chi connectivity index (χ0v) is 15.8. The van der Waals surface area contributed by atoms with Gasteiger partial charge in [0.15, 0.2) is 5.66 Å². The van der Waals surface area contributed by atoms with Crippen molar-refractivity contribution in [2.45, 2.75) is 51.2 Å². The van der Waals surface area contributed by atoms with E-state index in [1.807, 2.05) is 11.8 Å². The summed E-state index contributed by atoms with van der Waals surface area (Å²) in [4.78, 5) is 21.4. The van der Waals surface area contributed by atoms with E-state index in [1.165, 1.54) is 0 Å². The number of thiazole rings is 1. The van der Waals surface area contributed by atoms with Gasteiger partial charge in [0.05, 0.1) is 6.04 Å². The molecule has 1 amide bonds. The first-order chi connectivity index (χ1) is 12.0. The molecule has 0 spiro atoms. The molecule has 1 atom stereocenters. The first-order valence-electron chi connectivity index (χ1n) is 8.84. The summed E-state index contributed by atoms with van der Waals surface area (Å²) < 4.78 is 0. The van der Waals surface area contributed by atoms with Crippen LogP contribution in [0.2, 0.25) is 0 Å².